The summed E-state index contributed by atoms with van der Waals surface area (Å²) in [5.74, 6) is -1.62. The van der Waals surface area contributed by atoms with Gasteiger partial charge in [-0.2, -0.15) is 0 Å². The number of carboxylic acids is 1. The molecule has 2 N–H and O–H groups in total. The number of nitro groups is 1. The molecule has 0 saturated heterocycles. The number of unbranched alkanes of at least 4 members (excludes halogenated alkanes) is 1. The van der Waals surface area contributed by atoms with Crippen molar-refractivity contribution >= 4 is 28.9 Å². The van der Waals surface area contributed by atoms with Crippen molar-refractivity contribution in [2.24, 2.45) is 0 Å². The standard InChI is InChI=1S/C16H17N3O5S/c1-2-3-4-12(16(21)22)17-14(20)13-9-25-15(18-13)10-5-7-11(8-6-10)19(23)24/h5-9,12H,2-4H2,1H3,(H,17,20)(H,21,22). The molecule has 1 amide bonds. The van der Waals surface area contributed by atoms with Gasteiger partial charge in [-0.15, -0.1) is 11.3 Å². The Hall–Kier alpha value is -2.81. The average molecular weight is 363 g/mol. The second-order valence-corrected chi connectivity index (χ2v) is 6.21. The summed E-state index contributed by atoms with van der Waals surface area (Å²) < 4.78 is 0. The summed E-state index contributed by atoms with van der Waals surface area (Å²) in [6, 6.07) is 4.89. The third-order valence-corrected chi connectivity index (χ3v) is 4.40. The number of nitrogens with zero attached hydrogens (tertiary/aromatic N) is 2. The van der Waals surface area contributed by atoms with E-state index in [1.54, 1.807) is 12.1 Å². The first-order valence-corrected chi connectivity index (χ1v) is 8.54. The Bertz CT molecular complexity index is 772. The summed E-state index contributed by atoms with van der Waals surface area (Å²) in [6.45, 7) is 1.94. The maximum absolute atomic E-state index is 12.2. The molecule has 0 radical (unpaired) electrons. The Kier molecular flexibility index (Phi) is 6.18. The first-order chi connectivity index (χ1) is 11.9. The Balaban J connectivity index is 2.10. The molecule has 1 heterocycles. The molecule has 1 aromatic heterocycles. The number of amides is 1. The first kappa shape index (κ1) is 18.5. The zero-order valence-electron chi connectivity index (χ0n) is 13.5. The zero-order valence-corrected chi connectivity index (χ0v) is 14.3. The highest BCUT2D eigenvalue weighted by Gasteiger charge is 2.21. The number of aliphatic carboxylic acids is 1. The van der Waals surface area contributed by atoms with Crippen LogP contribution in [-0.2, 0) is 4.79 Å². The summed E-state index contributed by atoms with van der Waals surface area (Å²) in [5.41, 5.74) is 0.745. The topological polar surface area (TPSA) is 122 Å². The molecule has 2 aromatic rings. The van der Waals surface area contributed by atoms with Crippen molar-refractivity contribution in [1.29, 1.82) is 0 Å². The van der Waals surface area contributed by atoms with Gasteiger partial charge in [0, 0.05) is 23.1 Å². The predicted molar refractivity (Wildman–Crippen MR) is 92.6 cm³/mol. The van der Waals surface area contributed by atoms with Gasteiger partial charge < -0.3 is 10.4 Å². The lowest BCUT2D eigenvalue weighted by atomic mass is 10.1. The Morgan fingerprint density at radius 2 is 2.04 bits per heavy atom. The van der Waals surface area contributed by atoms with Gasteiger partial charge in [-0.1, -0.05) is 19.8 Å². The van der Waals surface area contributed by atoms with Gasteiger partial charge in [-0.25, -0.2) is 9.78 Å². The Labute approximate surface area is 147 Å². The second kappa shape index (κ2) is 8.34. The van der Waals surface area contributed by atoms with E-state index in [1.807, 2.05) is 6.92 Å². The number of benzene rings is 1. The molecule has 0 saturated carbocycles. The van der Waals surface area contributed by atoms with Crippen LogP contribution in [-0.4, -0.2) is 32.9 Å². The average Bonchev–Trinajstić information content (AvgIpc) is 3.08. The van der Waals surface area contributed by atoms with Gasteiger partial charge in [0.25, 0.3) is 11.6 Å². The van der Waals surface area contributed by atoms with Crippen molar-refractivity contribution < 1.29 is 19.6 Å². The van der Waals surface area contributed by atoms with Crippen LogP contribution in [0.5, 0.6) is 0 Å². The van der Waals surface area contributed by atoms with E-state index in [4.69, 9.17) is 5.11 Å². The van der Waals surface area contributed by atoms with Gasteiger partial charge in [0.05, 0.1) is 4.92 Å². The van der Waals surface area contributed by atoms with Crippen LogP contribution in [0.15, 0.2) is 29.6 Å². The lowest BCUT2D eigenvalue weighted by Crippen LogP contribution is -2.40. The Morgan fingerprint density at radius 1 is 1.36 bits per heavy atom. The number of hydrogen-bond acceptors (Lipinski definition) is 6. The van der Waals surface area contributed by atoms with Gasteiger partial charge in [-0.05, 0) is 18.6 Å². The van der Waals surface area contributed by atoms with E-state index < -0.39 is 22.8 Å². The lowest BCUT2D eigenvalue weighted by Gasteiger charge is -2.12. The van der Waals surface area contributed by atoms with Crippen molar-refractivity contribution in [2.45, 2.75) is 32.2 Å². The highest BCUT2D eigenvalue weighted by Crippen LogP contribution is 2.25. The third kappa shape index (κ3) is 4.83. The SMILES string of the molecule is CCCCC(NC(=O)c1csc(-c2ccc([N+](=O)[O-])cc2)n1)C(=O)O. The number of carbonyl (C=O) groups excluding carboxylic acids is 1. The van der Waals surface area contributed by atoms with Gasteiger partial charge in [0.2, 0.25) is 0 Å². The molecule has 2 rings (SSSR count). The fourth-order valence-corrected chi connectivity index (χ4v) is 2.94. The van der Waals surface area contributed by atoms with E-state index in [0.29, 0.717) is 23.4 Å². The van der Waals surface area contributed by atoms with Crippen molar-refractivity contribution in [3.63, 3.8) is 0 Å². The molecule has 1 atom stereocenters. The quantitative estimate of drug-likeness (QED) is 0.549. The zero-order chi connectivity index (χ0) is 18.4. The molecule has 0 fully saturated rings. The minimum atomic E-state index is -1.08. The van der Waals surface area contributed by atoms with Gasteiger partial charge in [0.15, 0.2) is 0 Å². The van der Waals surface area contributed by atoms with Crippen LogP contribution in [0.2, 0.25) is 0 Å². The van der Waals surface area contributed by atoms with E-state index in [-0.39, 0.29) is 11.4 Å². The van der Waals surface area contributed by atoms with E-state index >= 15 is 0 Å². The third-order valence-electron chi connectivity index (χ3n) is 3.51. The summed E-state index contributed by atoms with van der Waals surface area (Å²) >= 11 is 1.21. The molecule has 0 aliphatic heterocycles. The molecule has 132 valence electrons. The molecule has 1 unspecified atom stereocenters. The van der Waals surface area contributed by atoms with Gasteiger partial charge in [-0.3, -0.25) is 14.9 Å². The van der Waals surface area contributed by atoms with Crippen LogP contribution in [0.4, 0.5) is 5.69 Å². The van der Waals surface area contributed by atoms with Gasteiger partial charge >= 0.3 is 5.97 Å². The van der Waals surface area contributed by atoms with Crippen LogP contribution in [0.25, 0.3) is 10.6 Å². The van der Waals surface area contributed by atoms with Crippen LogP contribution in [0.3, 0.4) is 0 Å². The minimum absolute atomic E-state index is 0.0292. The number of nitrogens with one attached hydrogen (secondary N) is 1. The largest absolute Gasteiger partial charge is 0.480 e. The van der Waals surface area contributed by atoms with Crippen LogP contribution in [0.1, 0.15) is 36.7 Å². The number of aromatic nitrogens is 1. The smallest absolute Gasteiger partial charge is 0.326 e. The number of carboxylic acid groups (broad SMARTS) is 1. The molecule has 0 aliphatic rings. The van der Waals surface area contributed by atoms with E-state index in [9.17, 15) is 19.7 Å². The normalized spacial score (nSPS) is 11.7. The summed E-state index contributed by atoms with van der Waals surface area (Å²) in [7, 11) is 0. The number of carbonyl (C=O) groups is 2. The highest BCUT2D eigenvalue weighted by atomic mass is 32.1. The van der Waals surface area contributed by atoms with Crippen LogP contribution in [0, 0.1) is 10.1 Å². The maximum atomic E-state index is 12.2. The number of non-ortho nitro benzene ring substituents is 1. The first-order valence-electron chi connectivity index (χ1n) is 7.66. The van der Waals surface area contributed by atoms with E-state index in [2.05, 4.69) is 10.3 Å². The van der Waals surface area contributed by atoms with Gasteiger partial charge in [0.1, 0.15) is 16.7 Å². The molecule has 0 aliphatic carbocycles. The highest BCUT2D eigenvalue weighted by molar-refractivity contribution is 7.13. The number of rotatable bonds is 8. The van der Waals surface area contributed by atoms with Crippen molar-refractivity contribution in [3.8, 4) is 10.6 Å². The predicted octanol–water partition coefficient (Wildman–Crippen LogP) is 3.09. The molecule has 9 heteroatoms. The number of thiazole rings is 1. The Morgan fingerprint density at radius 3 is 2.60 bits per heavy atom. The number of nitro benzene ring substituents is 1. The molecule has 8 nitrogen and oxygen atoms in total. The van der Waals surface area contributed by atoms with Crippen molar-refractivity contribution in [3.05, 3.63) is 45.5 Å². The second-order valence-electron chi connectivity index (χ2n) is 5.35. The fraction of sp³-hybridized carbons (Fsp3) is 0.312. The molecule has 0 bridgehead atoms. The molecule has 0 spiro atoms. The maximum Gasteiger partial charge on any atom is 0.326 e. The monoisotopic (exact) mass is 363 g/mol. The van der Waals surface area contributed by atoms with Crippen LogP contribution < -0.4 is 5.32 Å². The van der Waals surface area contributed by atoms with Crippen LogP contribution >= 0.6 is 11.3 Å². The summed E-state index contributed by atoms with van der Waals surface area (Å²) in [4.78, 5) is 37.8. The van der Waals surface area contributed by atoms with E-state index in [1.165, 1.54) is 28.8 Å². The van der Waals surface area contributed by atoms with Crippen molar-refractivity contribution in [1.82, 2.24) is 10.3 Å². The van der Waals surface area contributed by atoms with Crippen molar-refractivity contribution in [2.75, 3.05) is 0 Å². The summed E-state index contributed by atoms with van der Waals surface area (Å²) in [5, 5.41) is 24.4. The van der Waals surface area contributed by atoms with E-state index in [0.717, 1.165) is 6.42 Å². The molecule has 1 aromatic carbocycles. The molecule has 25 heavy (non-hydrogen) atoms. The minimum Gasteiger partial charge on any atom is -0.480 e. The number of hydrogen-bond donors (Lipinski definition) is 2. The molecular formula is C16H17N3O5S. The molecular weight excluding hydrogens is 346 g/mol. The fourth-order valence-electron chi connectivity index (χ4n) is 2.13. The lowest BCUT2D eigenvalue weighted by molar-refractivity contribution is -0.384. The summed E-state index contributed by atoms with van der Waals surface area (Å²) in [6.07, 6.45) is 1.89.